The molecule has 1 saturated carbocycles. The standard InChI is InChI=1S/C11H16N4/c12-11-14-9-4-2-1-3-8(9)10(15-11)13-7-5-6-7/h7H,1-6H2,(H3,12,13,14,15). The minimum atomic E-state index is 0.416. The molecule has 0 aromatic carbocycles. The number of nitrogens with zero attached hydrogens (tertiary/aromatic N) is 2. The molecule has 0 aliphatic heterocycles. The lowest BCUT2D eigenvalue weighted by molar-refractivity contribution is 0.665. The lowest BCUT2D eigenvalue weighted by Crippen LogP contribution is -2.15. The van der Waals surface area contributed by atoms with E-state index in [1.807, 2.05) is 0 Å². The number of hydrogen-bond donors (Lipinski definition) is 2. The summed E-state index contributed by atoms with van der Waals surface area (Å²) in [4.78, 5) is 8.65. The maximum absolute atomic E-state index is 5.72. The minimum absolute atomic E-state index is 0.416. The molecule has 3 N–H and O–H groups in total. The topological polar surface area (TPSA) is 63.8 Å². The van der Waals surface area contributed by atoms with E-state index in [1.165, 1.54) is 31.2 Å². The van der Waals surface area contributed by atoms with Gasteiger partial charge in [0.05, 0.1) is 5.69 Å². The highest BCUT2D eigenvalue weighted by Crippen LogP contribution is 2.30. The van der Waals surface area contributed by atoms with Crippen LogP contribution < -0.4 is 11.1 Å². The molecule has 0 bridgehead atoms. The Morgan fingerprint density at radius 2 is 1.93 bits per heavy atom. The number of nitrogens with one attached hydrogen (secondary N) is 1. The fraction of sp³-hybridized carbons (Fsp3) is 0.636. The molecular weight excluding hydrogens is 188 g/mol. The molecule has 0 radical (unpaired) electrons. The van der Waals surface area contributed by atoms with E-state index in [9.17, 15) is 0 Å². The molecule has 0 spiro atoms. The van der Waals surface area contributed by atoms with Crippen molar-refractivity contribution in [3.05, 3.63) is 11.3 Å². The predicted octanol–water partition coefficient (Wildman–Crippen LogP) is 1.51. The molecule has 1 aromatic rings. The maximum Gasteiger partial charge on any atom is 0.222 e. The second-order valence-corrected chi connectivity index (χ2v) is 4.48. The van der Waals surface area contributed by atoms with E-state index in [2.05, 4.69) is 15.3 Å². The van der Waals surface area contributed by atoms with E-state index < -0.39 is 0 Å². The summed E-state index contributed by atoms with van der Waals surface area (Å²) in [5.74, 6) is 1.42. The average molecular weight is 204 g/mol. The van der Waals surface area contributed by atoms with Crippen LogP contribution in [0.3, 0.4) is 0 Å². The lowest BCUT2D eigenvalue weighted by Gasteiger charge is -2.18. The Balaban J connectivity index is 1.98. The van der Waals surface area contributed by atoms with Gasteiger partial charge >= 0.3 is 0 Å². The number of rotatable bonds is 2. The number of aryl methyl sites for hydroxylation is 1. The van der Waals surface area contributed by atoms with E-state index in [-0.39, 0.29) is 0 Å². The van der Waals surface area contributed by atoms with Crippen LogP contribution in [0.1, 0.15) is 36.9 Å². The molecular formula is C11H16N4. The molecule has 0 amide bonds. The van der Waals surface area contributed by atoms with Crippen molar-refractivity contribution in [1.29, 1.82) is 0 Å². The van der Waals surface area contributed by atoms with Gasteiger partial charge in [-0.05, 0) is 38.5 Å². The molecule has 3 rings (SSSR count). The summed E-state index contributed by atoms with van der Waals surface area (Å²) in [6.07, 6.45) is 7.16. The first kappa shape index (κ1) is 8.95. The van der Waals surface area contributed by atoms with Crippen LogP contribution in [0.5, 0.6) is 0 Å². The molecule has 0 atom stereocenters. The monoisotopic (exact) mass is 204 g/mol. The van der Waals surface area contributed by atoms with Gasteiger partial charge < -0.3 is 11.1 Å². The highest BCUT2D eigenvalue weighted by atomic mass is 15.1. The summed E-state index contributed by atoms with van der Waals surface area (Å²) in [6, 6.07) is 0.630. The fourth-order valence-corrected chi connectivity index (χ4v) is 2.15. The molecule has 2 aliphatic rings. The first-order valence-electron chi connectivity index (χ1n) is 5.75. The Hall–Kier alpha value is -1.32. The van der Waals surface area contributed by atoms with Crippen molar-refractivity contribution in [1.82, 2.24) is 9.97 Å². The molecule has 15 heavy (non-hydrogen) atoms. The van der Waals surface area contributed by atoms with E-state index >= 15 is 0 Å². The van der Waals surface area contributed by atoms with E-state index in [0.717, 1.165) is 24.4 Å². The van der Waals surface area contributed by atoms with Gasteiger partial charge in [-0.15, -0.1) is 0 Å². The highest BCUT2D eigenvalue weighted by molar-refractivity contribution is 5.51. The van der Waals surface area contributed by atoms with Gasteiger partial charge in [0, 0.05) is 11.6 Å². The quantitative estimate of drug-likeness (QED) is 0.766. The van der Waals surface area contributed by atoms with Crippen LogP contribution in [0.4, 0.5) is 11.8 Å². The zero-order valence-corrected chi connectivity index (χ0v) is 8.79. The summed E-state index contributed by atoms with van der Waals surface area (Å²) in [6.45, 7) is 0. The van der Waals surface area contributed by atoms with Gasteiger partial charge in [0.15, 0.2) is 0 Å². The molecule has 2 aliphatic carbocycles. The lowest BCUT2D eigenvalue weighted by atomic mass is 9.96. The van der Waals surface area contributed by atoms with Gasteiger partial charge in [-0.1, -0.05) is 0 Å². The van der Waals surface area contributed by atoms with Gasteiger partial charge in [-0.25, -0.2) is 4.98 Å². The average Bonchev–Trinajstić information content (AvgIpc) is 3.01. The molecule has 80 valence electrons. The predicted molar refractivity (Wildman–Crippen MR) is 59.7 cm³/mol. The van der Waals surface area contributed by atoms with E-state index in [4.69, 9.17) is 5.73 Å². The summed E-state index contributed by atoms with van der Waals surface area (Å²) in [7, 11) is 0. The Kier molecular flexibility index (Phi) is 2.01. The SMILES string of the molecule is Nc1nc2c(c(NC3CC3)n1)CCCC2. The van der Waals surface area contributed by atoms with Crippen molar-refractivity contribution < 1.29 is 0 Å². The smallest absolute Gasteiger partial charge is 0.222 e. The first-order chi connectivity index (χ1) is 7.33. The van der Waals surface area contributed by atoms with Crippen molar-refractivity contribution in [2.24, 2.45) is 0 Å². The molecule has 1 aromatic heterocycles. The van der Waals surface area contributed by atoms with Gasteiger partial charge in [-0.3, -0.25) is 0 Å². The molecule has 4 heteroatoms. The van der Waals surface area contributed by atoms with Gasteiger partial charge in [-0.2, -0.15) is 4.98 Å². The number of nitrogens with two attached hydrogens (primary N) is 1. The fourth-order valence-electron chi connectivity index (χ4n) is 2.15. The summed E-state index contributed by atoms with van der Waals surface area (Å²) in [5.41, 5.74) is 8.19. The Bertz CT molecular complexity index is 384. The zero-order chi connectivity index (χ0) is 10.3. The van der Waals surface area contributed by atoms with Crippen molar-refractivity contribution in [3.63, 3.8) is 0 Å². The van der Waals surface area contributed by atoms with Crippen LogP contribution in [0, 0.1) is 0 Å². The van der Waals surface area contributed by atoms with Crippen LogP contribution in [-0.4, -0.2) is 16.0 Å². The van der Waals surface area contributed by atoms with Crippen molar-refractivity contribution in [3.8, 4) is 0 Å². The van der Waals surface area contributed by atoms with Crippen LogP contribution >= 0.6 is 0 Å². The van der Waals surface area contributed by atoms with Gasteiger partial charge in [0.2, 0.25) is 5.95 Å². The second kappa shape index (κ2) is 3.36. The zero-order valence-electron chi connectivity index (χ0n) is 8.79. The Morgan fingerprint density at radius 1 is 1.13 bits per heavy atom. The summed E-state index contributed by atoms with van der Waals surface area (Å²) < 4.78 is 0. The van der Waals surface area contributed by atoms with Gasteiger partial charge in [0.25, 0.3) is 0 Å². The second-order valence-electron chi connectivity index (χ2n) is 4.48. The Morgan fingerprint density at radius 3 is 2.73 bits per heavy atom. The Labute approximate surface area is 89.3 Å². The largest absolute Gasteiger partial charge is 0.368 e. The van der Waals surface area contributed by atoms with Crippen LogP contribution in [-0.2, 0) is 12.8 Å². The summed E-state index contributed by atoms with van der Waals surface area (Å²) in [5, 5.41) is 3.45. The third kappa shape index (κ3) is 1.76. The first-order valence-corrected chi connectivity index (χ1v) is 5.75. The molecule has 0 saturated heterocycles. The van der Waals surface area contributed by atoms with Crippen LogP contribution in [0.15, 0.2) is 0 Å². The molecule has 1 fully saturated rings. The summed E-state index contributed by atoms with van der Waals surface area (Å²) >= 11 is 0. The van der Waals surface area contributed by atoms with Gasteiger partial charge in [0.1, 0.15) is 5.82 Å². The third-order valence-corrected chi connectivity index (χ3v) is 3.12. The maximum atomic E-state index is 5.72. The normalized spacial score (nSPS) is 19.7. The van der Waals surface area contributed by atoms with E-state index in [1.54, 1.807) is 0 Å². The molecule has 0 unspecified atom stereocenters. The molecule has 4 nitrogen and oxygen atoms in total. The van der Waals surface area contributed by atoms with Crippen molar-refractivity contribution >= 4 is 11.8 Å². The molecule has 1 heterocycles. The van der Waals surface area contributed by atoms with Crippen LogP contribution in [0.2, 0.25) is 0 Å². The number of nitrogen functional groups attached to an aromatic ring is 1. The minimum Gasteiger partial charge on any atom is -0.368 e. The number of anilines is 2. The number of hydrogen-bond acceptors (Lipinski definition) is 4. The van der Waals surface area contributed by atoms with Crippen LogP contribution in [0.25, 0.3) is 0 Å². The highest BCUT2D eigenvalue weighted by Gasteiger charge is 2.24. The third-order valence-electron chi connectivity index (χ3n) is 3.12. The number of fused-ring (bicyclic) bond motifs is 1. The number of aromatic nitrogens is 2. The van der Waals surface area contributed by atoms with Crippen molar-refractivity contribution in [2.75, 3.05) is 11.1 Å². The van der Waals surface area contributed by atoms with Crippen molar-refractivity contribution in [2.45, 2.75) is 44.6 Å². The van der Waals surface area contributed by atoms with E-state index in [0.29, 0.717) is 12.0 Å².